The number of halogens is 2. The van der Waals surface area contributed by atoms with Crippen molar-refractivity contribution < 1.29 is 9.50 Å². The molecule has 0 saturated carbocycles. The minimum absolute atomic E-state index is 0.0257. The predicted molar refractivity (Wildman–Crippen MR) is 80.6 cm³/mol. The standard InChI is InChI=1S/C17H18ClFO/c1-3-11(2)12-4-6-13(7-5-12)17(20)14-8-9-16(19)15(18)10-14/h4-11,17,20H,3H2,1-2H3. The fraction of sp³-hybridized carbons (Fsp3) is 0.294. The first-order valence-corrected chi connectivity index (χ1v) is 7.13. The third-order valence-electron chi connectivity index (χ3n) is 3.69. The summed E-state index contributed by atoms with van der Waals surface area (Å²) in [7, 11) is 0. The van der Waals surface area contributed by atoms with E-state index in [9.17, 15) is 9.50 Å². The third kappa shape index (κ3) is 3.20. The molecule has 0 spiro atoms. The molecular weight excluding hydrogens is 275 g/mol. The van der Waals surface area contributed by atoms with E-state index in [4.69, 9.17) is 11.6 Å². The summed E-state index contributed by atoms with van der Waals surface area (Å²) in [6, 6.07) is 12.1. The molecule has 0 fully saturated rings. The topological polar surface area (TPSA) is 20.2 Å². The Balaban J connectivity index is 2.24. The second-order valence-corrected chi connectivity index (χ2v) is 5.46. The number of benzene rings is 2. The quantitative estimate of drug-likeness (QED) is 0.833. The molecule has 0 aliphatic rings. The molecule has 106 valence electrons. The second-order valence-electron chi connectivity index (χ2n) is 5.05. The van der Waals surface area contributed by atoms with Gasteiger partial charge in [-0.25, -0.2) is 4.39 Å². The molecular formula is C17H18ClFO. The molecule has 1 nitrogen and oxygen atoms in total. The maximum absolute atomic E-state index is 13.1. The Morgan fingerprint density at radius 1 is 1.05 bits per heavy atom. The van der Waals surface area contributed by atoms with Crippen LogP contribution in [0.2, 0.25) is 5.02 Å². The Morgan fingerprint density at radius 2 is 1.60 bits per heavy atom. The molecule has 0 bridgehead atoms. The fourth-order valence-electron chi connectivity index (χ4n) is 2.12. The lowest BCUT2D eigenvalue weighted by Crippen LogP contribution is -2.01. The van der Waals surface area contributed by atoms with Gasteiger partial charge in [-0.2, -0.15) is 0 Å². The van der Waals surface area contributed by atoms with Crippen molar-refractivity contribution in [1.29, 1.82) is 0 Å². The van der Waals surface area contributed by atoms with Crippen LogP contribution >= 0.6 is 11.6 Å². The van der Waals surface area contributed by atoms with Crippen molar-refractivity contribution in [2.75, 3.05) is 0 Å². The molecule has 20 heavy (non-hydrogen) atoms. The van der Waals surface area contributed by atoms with Gasteiger partial charge in [-0.3, -0.25) is 0 Å². The molecule has 2 atom stereocenters. The van der Waals surface area contributed by atoms with Crippen LogP contribution in [-0.2, 0) is 0 Å². The minimum Gasteiger partial charge on any atom is -0.384 e. The van der Waals surface area contributed by atoms with E-state index in [1.807, 2.05) is 24.3 Å². The number of aliphatic hydroxyl groups is 1. The Labute approximate surface area is 124 Å². The first-order chi connectivity index (χ1) is 9.52. The summed E-state index contributed by atoms with van der Waals surface area (Å²) >= 11 is 5.74. The van der Waals surface area contributed by atoms with Crippen LogP contribution in [0.15, 0.2) is 42.5 Å². The fourth-order valence-corrected chi connectivity index (χ4v) is 2.31. The Morgan fingerprint density at radius 3 is 2.15 bits per heavy atom. The predicted octanol–water partition coefficient (Wildman–Crippen LogP) is 5.07. The molecule has 2 rings (SSSR count). The lowest BCUT2D eigenvalue weighted by atomic mass is 9.95. The molecule has 1 N–H and O–H groups in total. The van der Waals surface area contributed by atoms with E-state index >= 15 is 0 Å². The summed E-state index contributed by atoms with van der Waals surface area (Å²) in [6.07, 6.45) is 0.286. The molecule has 2 aromatic carbocycles. The second kappa shape index (κ2) is 6.38. The lowest BCUT2D eigenvalue weighted by Gasteiger charge is -2.14. The zero-order chi connectivity index (χ0) is 14.7. The van der Waals surface area contributed by atoms with E-state index in [2.05, 4.69) is 13.8 Å². The molecule has 2 unspecified atom stereocenters. The van der Waals surface area contributed by atoms with Crippen molar-refractivity contribution in [3.63, 3.8) is 0 Å². The molecule has 2 aromatic rings. The summed E-state index contributed by atoms with van der Waals surface area (Å²) in [5, 5.41) is 10.3. The highest BCUT2D eigenvalue weighted by Crippen LogP contribution is 2.27. The van der Waals surface area contributed by atoms with Crippen LogP contribution in [0.1, 0.15) is 49.0 Å². The van der Waals surface area contributed by atoms with Crippen LogP contribution in [0.3, 0.4) is 0 Å². The van der Waals surface area contributed by atoms with Gasteiger partial charge in [-0.05, 0) is 41.2 Å². The monoisotopic (exact) mass is 292 g/mol. The zero-order valence-electron chi connectivity index (χ0n) is 11.6. The van der Waals surface area contributed by atoms with Crippen molar-refractivity contribution in [1.82, 2.24) is 0 Å². The van der Waals surface area contributed by atoms with Gasteiger partial charge in [0.1, 0.15) is 11.9 Å². The van der Waals surface area contributed by atoms with Crippen molar-refractivity contribution >= 4 is 11.6 Å². The highest BCUT2D eigenvalue weighted by Gasteiger charge is 2.13. The van der Waals surface area contributed by atoms with Crippen LogP contribution in [0, 0.1) is 5.82 Å². The highest BCUT2D eigenvalue weighted by molar-refractivity contribution is 6.30. The molecule has 0 aliphatic heterocycles. The van der Waals surface area contributed by atoms with Gasteiger partial charge in [0.25, 0.3) is 0 Å². The van der Waals surface area contributed by atoms with Gasteiger partial charge >= 0.3 is 0 Å². The average Bonchev–Trinajstić information content (AvgIpc) is 2.48. The van der Waals surface area contributed by atoms with Crippen LogP contribution in [0.25, 0.3) is 0 Å². The summed E-state index contributed by atoms with van der Waals surface area (Å²) < 4.78 is 13.1. The number of hydrogen-bond acceptors (Lipinski definition) is 1. The first-order valence-electron chi connectivity index (χ1n) is 6.75. The van der Waals surface area contributed by atoms with Gasteiger partial charge in [-0.1, -0.05) is 55.8 Å². The van der Waals surface area contributed by atoms with E-state index in [1.165, 1.54) is 17.7 Å². The van der Waals surface area contributed by atoms with Crippen molar-refractivity contribution in [2.45, 2.75) is 32.3 Å². The highest BCUT2D eigenvalue weighted by atomic mass is 35.5. The van der Waals surface area contributed by atoms with Gasteiger partial charge in [0.05, 0.1) is 5.02 Å². The summed E-state index contributed by atoms with van der Waals surface area (Å²) in [4.78, 5) is 0. The molecule has 3 heteroatoms. The van der Waals surface area contributed by atoms with Gasteiger partial charge in [-0.15, -0.1) is 0 Å². The lowest BCUT2D eigenvalue weighted by molar-refractivity contribution is 0.220. The van der Waals surface area contributed by atoms with Crippen LogP contribution < -0.4 is 0 Å². The summed E-state index contributed by atoms with van der Waals surface area (Å²) in [5.74, 6) is 0.0243. The average molecular weight is 293 g/mol. The van der Waals surface area contributed by atoms with Gasteiger partial charge in [0, 0.05) is 0 Å². The maximum atomic E-state index is 13.1. The molecule has 0 aliphatic carbocycles. The van der Waals surface area contributed by atoms with Crippen molar-refractivity contribution in [3.8, 4) is 0 Å². The molecule has 0 radical (unpaired) electrons. The van der Waals surface area contributed by atoms with Crippen molar-refractivity contribution in [2.24, 2.45) is 0 Å². The van der Waals surface area contributed by atoms with Gasteiger partial charge in [0.2, 0.25) is 0 Å². The molecule has 0 aromatic heterocycles. The number of hydrogen-bond donors (Lipinski definition) is 1. The van der Waals surface area contributed by atoms with E-state index in [0.29, 0.717) is 11.5 Å². The number of aliphatic hydroxyl groups excluding tert-OH is 1. The number of rotatable bonds is 4. The largest absolute Gasteiger partial charge is 0.384 e. The van der Waals surface area contributed by atoms with E-state index < -0.39 is 11.9 Å². The smallest absolute Gasteiger partial charge is 0.141 e. The summed E-state index contributed by atoms with van der Waals surface area (Å²) in [6.45, 7) is 4.32. The third-order valence-corrected chi connectivity index (χ3v) is 3.98. The Hall–Kier alpha value is -1.38. The van der Waals surface area contributed by atoms with Crippen molar-refractivity contribution in [3.05, 3.63) is 70.0 Å². The van der Waals surface area contributed by atoms with E-state index in [1.54, 1.807) is 6.07 Å². The Bertz CT molecular complexity index is 580. The van der Waals surface area contributed by atoms with E-state index in [0.717, 1.165) is 12.0 Å². The van der Waals surface area contributed by atoms with Gasteiger partial charge < -0.3 is 5.11 Å². The van der Waals surface area contributed by atoms with Gasteiger partial charge in [0.15, 0.2) is 0 Å². The molecule has 0 amide bonds. The Kier molecular flexibility index (Phi) is 4.79. The van der Waals surface area contributed by atoms with E-state index in [-0.39, 0.29) is 5.02 Å². The SMILES string of the molecule is CCC(C)c1ccc(C(O)c2ccc(F)c(Cl)c2)cc1. The normalized spacial score (nSPS) is 14.1. The van der Waals surface area contributed by atoms with Crippen LogP contribution in [0.4, 0.5) is 4.39 Å². The zero-order valence-corrected chi connectivity index (χ0v) is 12.4. The molecule has 0 heterocycles. The summed E-state index contributed by atoms with van der Waals surface area (Å²) in [5.41, 5.74) is 2.62. The maximum Gasteiger partial charge on any atom is 0.141 e. The molecule has 0 saturated heterocycles. The first kappa shape index (κ1) is 15.0. The van der Waals surface area contributed by atoms with Crippen LogP contribution in [0.5, 0.6) is 0 Å². The van der Waals surface area contributed by atoms with Crippen LogP contribution in [-0.4, -0.2) is 5.11 Å². The minimum atomic E-state index is -0.793.